The predicted octanol–water partition coefficient (Wildman–Crippen LogP) is 3.32. The molecule has 2 aromatic carbocycles. The summed E-state index contributed by atoms with van der Waals surface area (Å²) < 4.78 is 59.7. The molecule has 2 aliphatic heterocycles. The van der Waals surface area contributed by atoms with E-state index in [2.05, 4.69) is 20.5 Å². The maximum Gasteiger partial charge on any atom is 0.294 e. The van der Waals surface area contributed by atoms with Gasteiger partial charge in [-0.3, -0.25) is 9.11 Å². The van der Waals surface area contributed by atoms with Crippen LogP contribution < -0.4 is 0 Å². The van der Waals surface area contributed by atoms with Crippen LogP contribution in [0.1, 0.15) is 0 Å². The van der Waals surface area contributed by atoms with Crippen molar-refractivity contribution in [3.8, 4) is 0 Å². The number of hydrogen-bond donors (Lipinski definition) is 2. The van der Waals surface area contributed by atoms with E-state index in [4.69, 9.17) is 9.11 Å². The minimum absolute atomic E-state index is 0.153. The van der Waals surface area contributed by atoms with E-state index < -0.39 is 20.2 Å². The van der Waals surface area contributed by atoms with Crippen molar-refractivity contribution >= 4 is 43.0 Å². The average molecular weight is 368 g/mol. The minimum Gasteiger partial charge on any atom is -0.282 e. The van der Waals surface area contributed by atoms with E-state index in [9.17, 15) is 16.8 Å². The Hall–Kier alpha value is -2.54. The van der Waals surface area contributed by atoms with Gasteiger partial charge in [-0.25, -0.2) is 0 Å². The van der Waals surface area contributed by atoms with E-state index in [1.165, 1.54) is 36.4 Å². The number of hydrogen-bond acceptors (Lipinski definition) is 8. The van der Waals surface area contributed by atoms with E-state index in [0.29, 0.717) is 22.7 Å². The molecule has 0 radical (unpaired) electrons. The second-order valence-corrected chi connectivity index (χ2v) is 7.49. The standard InChI is InChI=1S/2C6H4N2O3S/c2*9-12(10,11)4-1-2-5-6(3-4)8-7-5/h2*1-3H,(H,9,10,11). The quantitative estimate of drug-likeness (QED) is 0.516. The summed E-state index contributed by atoms with van der Waals surface area (Å²) in [5.41, 5.74) is 2.26. The van der Waals surface area contributed by atoms with Crippen molar-refractivity contribution in [1.82, 2.24) is 0 Å². The summed E-state index contributed by atoms with van der Waals surface area (Å²) in [6.45, 7) is 0. The lowest BCUT2D eigenvalue weighted by Crippen LogP contribution is -1.97. The molecule has 10 nitrogen and oxygen atoms in total. The molecular formula is C12H8N4O6S2. The molecule has 2 heterocycles. The van der Waals surface area contributed by atoms with Gasteiger partial charge in [0.25, 0.3) is 20.2 Å². The van der Waals surface area contributed by atoms with Crippen molar-refractivity contribution in [2.45, 2.75) is 9.79 Å². The van der Waals surface area contributed by atoms with Gasteiger partial charge in [0.1, 0.15) is 22.7 Å². The smallest absolute Gasteiger partial charge is 0.282 e. The predicted molar refractivity (Wildman–Crippen MR) is 80.9 cm³/mol. The van der Waals surface area contributed by atoms with Crippen molar-refractivity contribution in [2.75, 3.05) is 0 Å². The Morgan fingerprint density at radius 1 is 0.583 bits per heavy atom. The number of azo groups is 2. The summed E-state index contributed by atoms with van der Waals surface area (Å²) in [6.07, 6.45) is 0. The SMILES string of the molecule is O=S(=O)(O)c1ccc2c(c1)N=N2.O=S(=O)(O)c1ccc2c(c1)N=N2. The van der Waals surface area contributed by atoms with Gasteiger partial charge in [0, 0.05) is 0 Å². The molecule has 0 atom stereocenters. The van der Waals surface area contributed by atoms with Gasteiger partial charge in [0.2, 0.25) is 0 Å². The van der Waals surface area contributed by atoms with Crippen molar-refractivity contribution in [3.63, 3.8) is 0 Å². The molecule has 0 saturated heterocycles. The van der Waals surface area contributed by atoms with Crippen LogP contribution in [0.2, 0.25) is 0 Å². The first-order valence-corrected chi connectivity index (χ1v) is 9.09. The summed E-state index contributed by atoms with van der Waals surface area (Å²) in [6, 6.07) is 8.10. The van der Waals surface area contributed by atoms with Crippen molar-refractivity contribution in [2.24, 2.45) is 20.5 Å². The van der Waals surface area contributed by atoms with Crippen molar-refractivity contribution < 1.29 is 25.9 Å². The molecule has 0 spiro atoms. The summed E-state index contributed by atoms with van der Waals surface area (Å²) in [5.74, 6) is 0. The van der Waals surface area contributed by atoms with Crippen LogP contribution in [0.25, 0.3) is 0 Å². The highest BCUT2D eigenvalue weighted by Gasteiger charge is 2.16. The van der Waals surface area contributed by atoms with Crippen LogP contribution in [0.3, 0.4) is 0 Å². The first-order chi connectivity index (χ1) is 11.1. The molecule has 0 saturated carbocycles. The molecule has 2 aliphatic rings. The Balaban J connectivity index is 0.000000141. The van der Waals surface area contributed by atoms with Gasteiger partial charge in [0.15, 0.2) is 0 Å². The van der Waals surface area contributed by atoms with Crippen LogP contribution >= 0.6 is 0 Å². The first kappa shape index (κ1) is 16.3. The molecule has 0 bridgehead atoms. The van der Waals surface area contributed by atoms with Crippen LogP contribution in [-0.4, -0.2) is 25.9 Å². The number of rotatable bonds is 2. The van der Waals surface area contributed by atoms with E-state index in [-0.39, 0.29) is 9.79 Å². The number of nitrogens with zero attached hydrogens (tertiary/aromatic N) is 4. The van der Waals surface area contributed by atoms with Crippen LogP contribution in [0.4, 0.5) is 22.7 Å². The Morgan fingerprint density at radius 3 is 1.12 bits per heavy atom. The third-order valence-electron chi connectivity index (χ3n) is 3.02. The van der Waals surface area contributed by atoms with Crippen LogP contribution in [-0.2, 0) is 20.2 Å². The third kappa shape index (κ3) is 3.21. The highest BCUT2D eigenvalue weighted by molar-refractivity contribution is 7.86. The molecule has 0 fully saturated rings. The largest absolute Gasteiger partial charge is 0.294 e. The zero-order valence-corrected chi connectivity index (χ0v) is 13.2. The van der Waals surface area contributed by atoms with Gasteiger partial charge >= 0.3 is 0 Å². The Labute approximate surface area is 136 Å². The van der Waals surface area contributed by atoms with Gasteiger partial charge in [-0.15, -0.1) is 20.5 Å². The van der Waals surface area contributed by atoms with Gasteiger partial charge in [0.05, 0.1) is 9.79 Å². The first-order valence-electron chi connectivity index (χ1n) is 6.21. The molecule has 0 unspecified atom stereocenters. The van der Waals surface area contributed by atoms with Crippen LogP contribution in [0.15, 0.2) is 66.6 Å². The zero-order chi connectivity index (χ0) is 17.5. The maximum absolute atomic E-state index is 10.6. The fraction of sp³-hybridized carbons (Fsp3) is 0. The maximum atomic E-state index is 10.6. The Morgan fingerprint density at radius 2 is 0.917 bits per heavy atom. The molecule has 2 aromatic rings. The molecule has 0 aromatic heterocycles. The van der Waals surface area contributed by atoms with Gasteiger partial charge in [-0.2, -0.15) is 16.8 Å². The fourth-order valence-electron chi connectivity index (χ4n) is 1.78. The normalized spacial score (nSPS) is 13.8. The van der Waals surface area contributed by atoms with E-state index in [1.54, 1.807) is 0 Å². The topological polar surface area (TPSA) is 158 Å². The van der Waals surface area contributed by atoms with Gasteiger partial charge in [-0.05, 0) is 36.4 Å². The lowest BCUT2D eigenvalue weighted by molar-refractivity contribution is 0.481. The number of benzene rings is 2. The Kier molecular flexibility index (Phi) is 3.76. The Bertz CT molecular complexity index is 1020. The van der Waals surface area contributed by atoms with Crippen molar-refractivity contribution in [3.05, 3.63) is 36.4 Å². The average Bonchev–Trinajstić information content (AvgIpc) is 2.40. The number of fused-ring (bicyclic) bond motifs is 2. The third-order valence-corrected chi connectivity index (χ3v) is 4.72. The van der Waals surface area contributed by atoms with Gasteiger partial charge < -0.3 is 0 Å². The summed E-state index contributed by atoms with van der Waals surface area (Å²) in [4.78, 5) is -0.306. The second-order valence-electron chi connectivity index (χ2n) is 4.65. The molecule has 2 N–H and O–H groups in total. The lowest BCUT2D eigenvalue weighted by Gasteiger charge is -2.06. The summed E-state index contributed by atoms with van der Waals surface area (Å²) in [5, 5.41) is 14.3. The summed E-state index contributed by atoms with van der Waals surface area (Å²) >= 11 is 0. The minimum atomic E-state index is -4.11. The molecular weight excluding hydrogens is 360 g/mol. The molecule has 0 amide bonds. The van der Waals surface area contributed by atoms with Crippen LogP contribution in [0.5, 0.6) is 0 Å². The van der Waals surface area contributed by atoms with E-state index in [0.717, 1.165) is 0 Å². The lowest BCUT2D eigenvalue weighted by atomic mass is 10.2. The van der Waals surface area contributed by atoms with Crippen molar-refractivity contribution in [1.29, 1.82) is 0 Å². The molecule has 124 valence electrons. The van der Waals surface area contributed by atoms with Crippen LogP contribution in [0, 0.1) is 0 Å². The molecule has 4 rings (SSSR count). The van der Waals surface area contributed by atoms with Gasteiger partial charge in [-0.1, -0.05) is 0 Å². The molecule has 0 aliphatic carbocycles. The van der Waals surface area contributed by atoms with E-state index >= 15 is 0 Å². The zero-order valence-electron chi connectivity index (χ0n) is 11.6. The monoisotopic (exact) mass is 368 g/mol. The highest BCUT2D eigenvalue weighted by Crippen LogP contribution is 2.39. The second kappa shape index (κ2) is 5.52. The fourth-order valence-corrected chi connectivity index (χ4v) is 2.78. The molecule has 12 heteroatoms. The highest BCUT2D eigenvalue weighted by atomic mass is 32.2. The molecule has 24 heavy (non-hydrogen) atoms. The summed E-state index contributed by atoms with van der Waals surface area (Å²) in [7, 11) is -8.22. The van der Waals surface area contributed by atoms with E-state index in [1.807, 2.05) is 0 Å².